The van der Waals surface area contributed by atoms with Gasteiger partial charge in [-0.2, -0.15) is 0 Å². The number of nitrogens with zero attached hydrogens (tertiary/aromatic N) is 1. The lowest BCUT2D eigenvalue weighted by atomic mass is 9.92. The maximum Gasteiger partial charge on any atom is 0.227 e. The van der Waals surface area contributed by atoms with Gasteiger partial charge in [0.15, 0.2) is 5.58 Å². The maximum absolute atomic E-state index is 6.70. The van der Waals surface area contributed by atoms with Gasteiger partial charge in [-0.3, -0.25) is 0 Å². The van der Waals surface area contributed by atoms with Gasteiger partial charge < -0.3 is 8.83 Å². The standard InChI is InChI=1S/C45H27NO2/c1-2-10-32-24-33(21-16-28(32)8-1)34-22-23-42-39(25-34)40-27-35(37-13-7-11-29-9-3-4-12-36(29)37)26-38(44(40)47-42)30-17-19-31(20-18-30)45-46-41-14-5-6-15-43(41)48-45/h1-27H. The Kier molecular flexibility index (Phi) is 5.87. The largest absolute Gasteiger partial charge is 0.455 e. The van der Waals surface area contributed by atoms with Gasteiger partial charge >= 0.3 is 0 Å². The van der Waals surface area contributed by atoms with Gasteiger partial charge in [-0.25, -0.2) is 4.98 Å². The molecule has 0 spiro atoms. The van der Waals surface area contributed by atoms with Gasteiger partial charge in [0.2, 0.25) is 5.89 Å². The van der Waals surface area contributed by atoms with Crippen molar-refractivity contribution in [2.24, 2.45) is 0 Å². The van der Waals surface area contributed by atoms with Gasteiger partial charge in [-0.15, -0.1) is 0 Å². The fourth-order valence-electron chi connectivity index (χ4n) is 7.06. The second kappa shape index (κ2) is 10.5. The summed E-state index contributed by atoms with van der Waals surface area (Å²) < 4.78 is 12.8. The number of fused-ring (bicyclic) bond motifs is 6. The minimum Gasteiger partial charge on any atom is -0.455 e. The van der Waals surface area contributed by atoms with E-state index >= 15 is 0 Å². The van der Waals surface area contributed by atoms with Crippen LogP contribution in [-0.4, -0.2) is 4.98 Å². The average molecular weight is 614 g/mol. The van der Waals surface area contributed by atoms with Crippen LogP contribution in [0.2, 0.25) is 0 Å². The van der Waals surface area contributed by atoms with E-state index in [4.69, 9.17) is 13.8 Å². The molecule has 2 heterocycles. The number of furan rings is 1. The number of aromatic nitrogens is 1. The fourth-order valence-corrected chi connectivity index (χ4v) is 7.06. The fraction of sp³-hybridized carbons (Fsp3) is 0. The first-order chi connectivity index (χ1) is 23.7. The van der Waals surface area contributed by atoms with Crippen molar-refractivity contribution < 1.29 is 8.83 Å². The lowest BCUT2D eigenvalue weighted by molar-refractivity contribution is 0.620. The molecular formula is C45H27NO2. The topological polar surface area (TPSA) is 39.2 Å². The Morgan fingerprint density at radius 2 is 1.04 bits per heavy atom. The third-order valence-electron chi connectivity index (χ3n) is 9.49. The smallest absolute Gasteiger partial charge is 0.227 e. The van der Waals surface area contributed by atoms with Crippen molar-refractivity contribution in [1.82, 2.24) is 4.98 Å². The third-order valence-corrected chi connectivity index (χ3v) is 9.49. The molecule has 10 aromatic rings. The van der Waals surface area contributed by atoms with E-state index in [1.165, 1.54) is 32.7 Å². The summed E-state index contributed by atoms with van der Waals surface area (Å²) in [6.07, 6.45) is 0. The van der Waals surface area contributed by atoms with Crippen LogP contribution in [0.1, 0.15) is 0 Å². The normalized spacial score (nSPS) is 11.8. The summed E-state index contributed by atoms with van der Waals surface area (Å²) in [5.41, 5.74) is 11.1. The molecule has 0 N–H and O–H groups in total. The van der Waals surface area contributed by atoms with Crippen molar-refractivity contribution in [3.63, 3.8) is 0 Å². The van der Waals surface area contributed by atoms with E-state index in [0.717, 1.165) is 60.9 Å². The van der Waals surface area contributed by atoms with Crippen LogP contribution in [0.5, 0.6) is 0 Å². The molecule has 0 saturated heterocycles. The summed E-state index contributed by atoms with van der Waals surface area (Å²) in [6.45, 7) is 0. The molecule has 3 nitrogen and oxygen atoms in total. The highest BCUT2D eigenvalue weighted by Crippen LogP contribution is 2.42. The van der Waals surface area contributed by atoms with Gasteiger partial charge in [0, 0.05) is 21.9 Å². The summed E-state index contributed by atoms with van der Waals surface area (Å²) in [7, 11) is 0. The SMILES string of the molecule is c1ccc2cc(-c3ccc4oc5c(-c6ccc(-c7nc8ccccc8o7)cc6)cc(-c6cccc7ccccc67)cc5c4c3)ccc2c1. The lowest BCUT2D eigenvalue weighted by Crippen LogP contribution is -1.86. The van der Waals surface area contributed by atoms with Gasteiger partial charge in [0.25, 0.3) is 0 Å². The van der Waals surface area contributed by atoms with Crippen LogP contribution in [0.4, 0.5) is 0 Å². The van der Waals surface area contributed by atoms with Crippen LogP contribution in [0.25, 0.3) is 99.4 Å². The molecule has 0 aliphatic heterocycles. The summed E-state index contributed by atoms with van der Waals surface area (Å²) in [6, 6.07) is 57.7. The molecule has 0 aliphatic rings. The van der Waals surface area contributed by atoms with Crippen LogP contribution in [-0.2, 0) is 0 Å². The highest BCUT2D eigenvalue weighted by molar-refractivity contribution is 6.13. The van der Waals surface area contributed by atoms with Crippen LogP contribution in [0, 0.1) is 0 Å². The Morgan fingerprint density at radius 1 is 0.354 bits per heavy atom. The highest BCUT2D eigenvalue weighted by Gasteiger charge is 2.18. The van der Waals surface area contributed by atoms with Crippen LogP contribution >= 0.6 is 0 Å². The molecular weight excluding hydrogens is 587 g/mol. The first-order valence-corrected chi connectivity index (χ1v) is 16.2. The van der Waals surface area contributed by atoms with Crippen molar-refractivity contribution in [3.8, 4) is 44.8 Å². The third kappa shape index (κ3) is 4.33. The first kappa shape index (κ1) is 26.7. The molecule has 224 valence electrons. The van der Waals surface area contributed by atoms with Gasteiger partial charge in [-0.1, -0.05) is 109 Å². The molecule has 0 aliphatic carbocycles. The van der Waals surface area contributed by atoms with Crippen molar-refractivity contribution in [2.45, 2.75) is 0 Å². The van der Waals surface area contributed by atoms with Crippen LogP contribution in [0.15, 0.2) is 173 Å². The zero-order chi connectivity index (χ0) is 31.6. The summed E-state index contributed by atoms with van der Waals surface area (Å²) in [4.78, 5) is 4.71. The minimum atomic E-state index is 0.613. The predicted octanol–water partition coefficient (Wildman–Crippen LogP) is 12.7. The minimum absolute atomic E-state index is 0.613. The number of para-hydroxylation sites is 2. The zero-order valence-corrected chi connectivity index (χ0v) is 25.9. The Hall–Kier alpha value is -6.45. The van der Waals surface area contributed by atoms with E-state index in [0.29, 0.717) is 5.89 Å². The van der Waals surface area contributed by atoms with Gasteiger partial charge in [-0.05, 0) is 104 Å². The number of oxazole rings is 1. The Morgan fingerprint density at radius 3 is 1.94 bits per heavy atom. The van der Waals surface area contributed by atoms with E-state index < -0.39 is 0 Å². The van der Waals surface area contributed by atoms with Crippen molar-refractivity contribution in [2.75, 3.05) is 0 Å². The van der Waals surface area contributed by atoms with Gasteiger partial charge in [0.05, 0.1) is 0 Å². The molecule has 48 heavy (non-hydrogen) atoms. The molecule has 0 radical (unpaired) electrons. The molecule has 0 atom stereocenters. The molecule has 3 heteroatoms. The second-order valence-corrected chi connectivity index (χ2v) is 12.4. The maximum atomic E-state index is 6.70. The van der Waals surface area contributed by atoms with E-state index in [1.54, 1.807) is 0 Å². The van der Waals surface area contributed by atoms with Gasteiger partial charge in [0.1, 0.15) is 16.7 Å². The molecule has 0 bridgehead atoms. The quantitative estimate of drug-likeness (QED) is 0.198. The monoisotopic (exact) mass is 613 g/mol. The predicted molar refractivity (Wildman–Crippen MR) is 198 cm³/mol. The zero-order valence-electron chi connectivity index (χ0n) is 25.9. The first-order valence-electron chi connectivity index (χ1n) is 16.2. The van der Waals surface area contributed by atoms with Crippen molar-refractivity contribution in [3.05, 3.63) is 164 Å². The number of rotatable bonds is 4. The van der Waals surface area contributed by atoms with Crippen LogP contribution in [0.3, 0.4) is 0 Å². The molecule has 2 aromatic heterocycles. The summed E-state index contributed by atoms with van der Waals surface area (Å²) in [5.74, 6) is 0.613. The van der Waals surface area contributed by atoms with E-state index in [-0.39, 0.29) is 0 Å². The number of hydrogen-bond donors (Lipinski definition) is 0. The second-order valence-electron chi connectivity index (χ2n) is 12.4. The summed E-state index contributed by atoms with van der Waals surface area (Å²) >= 11 is 0. The van der Waals surface area contributed by atoms with Crippen LogP contribution < -0.4 is 0 Å². The molecule has 0 saturated carbocycles. The Bertz CT molecular complexity index is 2800. The Balaban J connectivity index is 1.18. The number of hydrogen-bond acceptors (Lipinski definition) is 3. The number of benzene rings is 8. The van der Waals surface area contributed by atoms with Crippen molar-refractivity contribution >= 4 is 54.6 Å². The molecule has 0 amide bonds. The van der Waals surface area contributed by atoms with E-state index in [2.05, 4.69) is 140 Å². The molecule has 10 rings (SSSR count). The summed E-state index contributed by atoms with van der Waals surface area (Å²) in [5, 5.41) is 7.10. The highest BCUT2D eigenvalue weighted by atomic mass is 16.3. The van der Waals surface area contributed by atoms with E-state index in [1.807, 2.05) is 24.3 Å². The van der Waals surface area contributed by atoms with E-state index in [9.17, 15) is 0 Å². The Labute approximate surface area is 276 Å². The molecule has 0 unspecified atom stereocenters. The average Bonchev–Trinajstić information content (AvgIpc) is 3.76. The molecule has 8 aromatic carbocycles. The lowest BCUT2D eigenvalue weighted by Gasteiger charge is -2.11. The molecule has 0 fully saturated rings. The van der Waals surface area contributed by atoms with Crippen molar-refractivity contribution in [1.29, 1.82) is 0 Å².